The van der Waals surface area contributed by atoms with Crippen LogP contribution in [0, 0.1) is 0 Å². The Morgan fingerprint density at radius 2 is 2.04 bits per heavy atom. The molecule has 2 aromatic rings. The molecule has 2 atom stereocenters. The summed E-state index contributed by atoms with van der Waals surface area (Å²) >= 11 is 0. The Morgan fingerprint density at radius 1 is 1.29 bits per heavy atom. The lowest BCUT2D eigenvalue weighted by atomic mass is 10.1. The molecule has 1 aliphatic rings. The summed E-state index contributed by atoms with van der Waals surface area (Å²) in [6, 6.07) is 7.47. The number of aromatic carboxylic acids is 1. The smallest absolute Gasteiger partial charge is 0.356 e. The van der Waals surface area contributed by atoms with Crippen molar-refractivity contribution >= 4 is 23.4 Å². The van der Waals surface area contributed by atoms with E-state index < -0.39 is 12.0 Å². The van der Waals surface area contributed by atoms with E-state index >= 15 is 0 Å². The number of rotatable bonds is 4. The molecule has 1 aromatic heterocycles. The van der Waals surface area contributed by atoms with Crippen LogP contribution in [0.3, 0.4) is 0 Å². The molecule has 124 valence electrons. The van der Waals surface area contributed by atoms with E-state index in [1.54, 1.807) is 11.8 Å². The van der Waals surface area contributed by atoms with E-state index in [0.29, 0.717) is 5.82 Å². The lowest BCUT2D eigenvalue weighted by molar-refractivity contribution is -0.119. The van der Waals surface area contributed by atoms with Crippen molar-refractivity contribution in [3.63, 3.8) is 0 Å². The normalized spacial score (nSPS) is 17.2. The Bertz CT molecular complexity index is 776. The van der Waals surface area contributed by atoms with Crippen LogP contribution in [0.1, 0.15) is 29.9 Å². The molecular weight excluding hydrogens is 308 g/mol. The second-order valence-electron chi connectivity index (χ2n) is 5.85. The van der Waals surface area contributed by atoms with Crippen molar-refractivity contribution in [1.82, 2.24) is 9.97 Å². The molecule has 0 fully saturated rings. The predicted octanol–water partition coefficient (Wildman–Crippen LogP) is 1.95. The summed E-state index contributed by atoms with van der Waals surface area (Å²) in [5.74, 6) is -0.835. The summed E-state index contributed by atoms with van der Waals surface area (Å²) in [6.07, 6.45) is 3.31. The quantitative estimate of drug-likeness (QED) is 0.891. The number of carboxylic acids is 1. The topological polar surface area (TPSA) is 95.4 Å². The minimum Gasteiger partial charge on any atom is -0.476 e. The molecule has 1 aromatic carbocycles. The Balaban J connectivity index is 1.74. The number of aromatic nitrogens is 2. The highest BCUT2D eigenvalue weighted by Gasteiger charge is 2.33. The monoisotopic (exact) mass is 326 g/mol. The molecule has 7 heteroatoms. The number of carboxylic acid groups (broad SMARTS) is 1. The molecule has 0 radical (unpaired) electrons. The van der Waals surface area contributed by atoms with Gasteiger partial charge in [-0.1, -0.05) is 18.2 Å². The third-order valence-corrected chi connectivity index (χ3v) is 4.05. The molecule has 0 bridgehead atoms. The molecule has 3 rings (SSSR count). The Labute approximate surface area is 139 Å². The average molecular weight is 326 g/mol. The fraction of sp³-hybridized carbons (Fsp3) is 0.294. The van der Waals surface area contributed by atoms with Crippen molar-refractivity contribution in [3.05, 3.63) is 47.9 Å². The van der Waals surface area contributed by atoms with Crippen LogP contribution >= 0.6 is 0 Å². The second-order valence-corrected chi connectivity index (χ2v) is 5.85. The Morgan fingerprint density at radius 3 is 2.71 bits per heavy atom. The molecular formula is C17H18N4O3. The molecule has 2 heterocycles. The van der Waals surface area contributed by atoms with Gasteiger partial charge in [-0.2, -0.15) is 0 Å². The number of amides is 1. The minimum atomic E-state index is -1.14. The fourth-order valence-corrected chi connectivity index (χ4v) is 2.91. The van der Waals surface area contributed by atoms with Gasteiger partial charge in [-0.3, -0.25) is 4.79 Å². The van der Waals surface area contributed by atoms with Gasteiger partial charge in [0.05, 0.1) is 12.4 Å². The Hall–Kier alpha value is -2.96. The van der Waals surface area contributed by atoms with Crippen LogP contribution in [-0.2, 0) is 11.2 Å². The van der Waals surface area contributed by atoms with Crippen molar-refractivity contribution in [2.24, 2.45) is 0 Å². The molecule has 0 saturated carbocycles. The SMILES string of the molecule is CC(Nc1cnc(C(=O)O)cn1)C(=O)N1c2ccccc2CC1C. The molecule has 2 unspecified atom stereocenters. The first-order chi connectivity index (χ1) is 11.5. The van der Waals surface area contributed by atoms with Crippen LogP contribution in [0.5, 0.6) is 0 Å². The van der Waals surface area contributed by atoms with Crippen LogP contribution in [-0.4, -0.2) is 39.0 Å². The van der Waals surface area contributed by atoms with Crippen LogP contribution in [0.4, 0.5) is 11.5 Å². The minimum absolute atomic E-state index is 0.0587. The summed E-state index contributed by atoms with van der Waals surface area (Å²) in [5, 5.41) is 11.8. The molecule has 1 aliphatic heterocycles. The van der Waals surface area contributed by atoms with Gasteiger partial charge < -0.3 is 15.3 Å². The maximum atomic E-state index is 12.8. The second kappa shape index (κ2) is 6.27. The fourth-order valence-electron chi connectivity index (χ4n) is 2.91. The highest BCUT2D eigenvalue weighted by molar-refractivity contribution is 6.00. The molecule has 0 spiro atoms. The first kappa shape index (κ1) is 15.9. The third-order valence-electron chi connectivity index (χ3n) is 4.05. The van der Waals surface area contributed by atoms with E-state index in [2.05, 4.69) is 15.3 Å². The van der Waals surface area contributed by atoms with E-state index in [1.165, 1.54) is 6.20 Å². The third kappa shape index (κ3) is 2.92. The van der Waals surface area contributed by atoms with Crippen LogP contribution in [0.25, 0.3) is 0 Å². The van der Waals surface area contributed by atoms with E-state index in [9.17, 15) is 9.59 Å². The molecule has 7 nitrogen and oxygen atoms in total. The van der Waals surface area contributed by atoms with Gasteiger partial charge in [0, 0.05) is 11.7 Å². The van der Waals surface area contributed by atoms with Crippen molar-refractivity contribution in [2.45, 2.75) is 32.4 Å². The summed E-state index contributed by atoms with van der Waals surface area (Å²) in [5.41, 5.74) is 1.97. The van der Waals surface area contributed by atoms with Gasteiger partial charge in [0.15, 0.2) is 5.69 Å². The first-order valence-corrected chi connectivity index (χ1v) is 7.70. The number of nitrogens with zero attached hydrogens (tertiary/aromatic N) is 3. The summed E-state index contributed by atoms with van der Waals surface area (Å²) < 4.78 is 0. The summed E-state index contributed by atoms with van der Waals surface area (Å²) in [7, 11) is 0. The van der Waals surface area contributed by atoms with Crippen molar-refractivity contribution in [3.8, 4) is 0 Å². The number of para-hydroxylation sites is 1. The van der Waals surface area contributed by atoms with Crippen molar-refractivity contribution in [1.29, 1.82) is 0 Å². The zero-order valence-electron chi connectivity index (χ0n) is 13.4. The molecule has 24 heavy (non-hydrogen) atoms. The van der Waals surface area contributed by atoms with Gasteiger partial charge in [-0.25, -0.2) is 14.8 Å². The number of carbonyl (C=O) groups is 2. The number of hydrogen-bond donors (Lipinski definition) is 2. The average Bonchev–Trinajstić information content (AvgIpc) is 2.90. The first-order valence-electron chi connectivity index (χ1n) is 7.70. The van der Waals surface area contributed by atoms with Crippen molar-refractivity contribution < 1.29 is 14.7 Å². The van der Waals surface area contributed by atoms with Gasteiger partial charge in [-0.15, -0.1) is 0 Å². The van der Waals surface area contributed by atoms with E-state index in [4.69, 9.17) is 5.11 Å². The van der Waals surface area contributed by atoms with E-state index in [1.807, 2.05) is 31.2 Å². The summed E-state index contributed by atoms with van der Waals surface area (Å²) in [6.45, 7) is 3.77. The molecule has 0 aliphatic carbocycles. The number of carbonyl (C=O) groups excluding carboxylic acids is 1. The molecule has 1 amide bonds. The van der Waals surface area contributed by atoms with Gasteiger partial charge in [0.2, 0.25) is 5.91 Å². The molecule has 0 saturated heterocycles. The van der Waals surface area contributed by atoms with E-state index in [0.717, 1.165) is 23.9 Å². The van der Waals surface area contributed by atoms with E-state index in [-0.39, 0.29) is 17.6 Å². The zero-order chi connectivity index (χ0) is 17.3. The van der Waals surface area contributed by atoms with Gasteiger partial charge in [0.25, 0.3) is 0 Å². The maximum absolute atomic E-state index is 12.8. The van der Waals surface area contributed by atoms with Gasteiger partial charge in [-0.05, 0) is 31.9 Å². The largest absolute Gasteiger partial charge is 0.476 e. The lowest BCUT2D eigenvalue weighted by Gasteiger charge is -2.26. The summed E-state index contributed by atoms with van der Waals surface area (Å²) in [4.78, 5) is 33.2. The number of hydrogen-bond acceptors (Lipinski definition) is 5. The van der Waals surface area contributed by atoms with Crippen LogP contribution in [0.2, 0.25) is 0 Å². The zero-order valence-corrected chi connectivity index (χ0v) is 13.4. The van der Waals surface area contributed by atoms with Crippen molar-refractivity contribution in [2.75, 3.05) is 10.2 Å². The number of anilines is 2. The van der Waals surface area contributed by atoms with Gasteiger partial charge >= 0.3 is 5.97 Å². The molecule has 2 N–H and O–H groups in total. The van der Waals surface area contributed by atoms with Gasteiger partial charge in [0.1, 0.15) is 11.9 Å². The highest BCUT2D eigenvalue weighted by Crippen LogP contribution is 2.32. The van der Waals surface area contributed by atoms with Crippen LogP contribution < -0.4 is 10.2 Å². The lowest BCUT2D eigenvalue weighted by Crippen LogP contribution is -2.44. The standard InChI is InChI=1S/C17H18N4O3/c1-10-7-12-5-3-4-6-14(12)21(10)16(22)11(2)20-15-9-18-13(8-19-15)17(23)24/h3-6,8-11H,7H2,1-2H3,(H,19,20)(H,23,24). The number of benzene rings is 1. The van der Waals surface area contributed by atoms with Crippen LogP contribution in [0.15, 0.2) is 36.7 Å². The predicted molar refractivity (Wildman–Crippen MR) is 89.2 cm³/mol. The highest BCUT2D eigenvalue weighted by atomic mass is 16.4. The number of nitrogens with one attached hydrogen (secondary N) is 1. The number of fused-ring (bicyclic) bond motifs is 1. The Kier molecular flexibility index (Phi) is 4.16. The maximum Gasteiger partial charge on any atom is 0.356 e.